The molecule has 1 unspecified atom stereocenters. The van der Waals surface area contributed by atoms with Gasteiger partial charge in [0, 0.05) is 42.2 Å². The number of piperidine rings is 1. The molecule has 4 heterocycles. The van der Waals surface area contributed by atoms with E-state index >= 15 is 0 Å². The minimum absolute atomic E-state index is 0.150. The number of hydrogen-bond acceptors (Lipinski definition) is 9. The second-order valence-corrected chi connectivity index (χ2v) is 15.8. The van der Waals surface area contributed by atoms with Gasteiger partial charge in [-0.15, -0.1) is 10.2 Å². The fourth-order valence-corrected chi connectivity index (χ4v) is 7.33. The number of aliphatic hydroxyl groups is 1. The second-order valence-electron chi connectivity index (χ2n) is 15.8. The smallest absolute Gasteiger partial charge is 0.320 e. The van der Waals surface area contributed by atoms with Gasteiger partial charge in [0.25, 0.3) is 0 Å². The molecule has 286 valence electrons. The van der Waals surface area contributed by atoms with Crippen LogP contribution in [-0.2, 0) is 12.0 Å². The molecular weight excluding hydrogens is 683 g/mol. The lowest BCUT2D eigenvalue weighted by molar-refractivity contribution is 0.171. The summed E-state index contributed by atoms with van der Waals surface area (Å²) >= 11 is 0. The Morgan fingerprint density at radius 3 is 2.57 bits per heavy atom. The molecule has 3 N–H and O–H groups in total. The Balaban J connectivity index is 1.09. The number of rotatable bonds is 11. The first-order chi connectivity index (χ1) is 26.0. The molecule has 1 fully saturated rings. The number of hydrogen-bond donors (Lipinski definition) is 3. The van der Waals surface area contributed by atoms with Crippen LogP contribution in [0.1, 0.15) is 94.3 Å². The average molecular weight is 736 g/mol. The lowest BCUT2D eigenvalue weighted by Gasteiger charge is -2.33. The molecular formula is C41H53N9O4. The highest BCUT2D eigenvalue weighted by Gasteiger charge is 2.31. The number of aliphatic hydroxyl groups excluding tert-OH is 1. The van der Waals surface area contributed by atoms with Crippen LogP contribution in [0.3, 0.4) is 0 Å². The van der Waals surface area contributed by atoms with E-state index in [0.717, 1.165) is 66.5 Å². The topological polar surface area (TPSA) is 134 Å². The molecule has 1 aliphatic carbocycles. The third-order valence-corrected chi connectivity index (χ3v) is 10.4. The molecule has 3 atom stereocenters. The Labute approximate surface area is 317 Å². The number of nitrogens with one attached hydrogen (secondary N) is 2. The number of anilines is 2. The summed E-state index contributed by atoms with van der Waals surface area (Å²) in [4.78, 5) is 18.2. The molecule has 0 radical (unpaired) electrons. The lowest BCUT2D eigenvalue weighted by Crippen LogP contribution is -2.38. The standard InChI is InChI=1S/C41H53N9O4/c1-27-11-9-10-20-48(27)40-45-44-37-19-16-30(25-49(37)40)54-34-18-17-33(31-12-7-8-13-32(31)34)42-39(52)43-38-24-36(41(2,3)4)46-50(38)29-15-14-28(26-51)35(23-29)53-22-21-47(5)6/h7-8,12-16,19,23-25,27,33-34,51H,9-11,17-18,20-22,26H2,1-6H3,(H2,42,43,52)/t27?,33-,34+/m0/s1. The number of nitrogens with zero attached hydrogens (tertiary/aromatic N) is 7. The van der Waals surface area contributed by atoms with E-state index in [1.807, 2.05) is 78.1 Å². The summed E-state index contributed by atoms with van der Waals surface area (Å²) in [5.74, 6) is 2.71. The van der Waals surface area contributed by atoms with Crippen molar-refractivity contribution in [2.75, 3.05) is 44.0 Å². The Morgan fingerprint density at radius 1 is 1.00 bits per heavy atom. The predicted octanol–water partition coefficient (Wildman–Crippen LogP) is 6.80. The van der Waals surface area contributed by atoms with Crippen LogP contribution in [0, 0.1) is 0 Å². The zero-order chi connectivity index (χ0) is 38.0. The highest BCUT2D eigenvalue weighted by Crippen LogP contribution is 2.39. The highest BCUT2D eigenvalue weighted by atomic mass is 16.5. The number of likely N-dealkylation sites (N-methyl/N-ethyl adjacent to an activating group) is 1. The molecule has 1 saturated heterocycles. The summed E-state index contributed by atoms with van der Waals surface area (Å²) < 4.78 is 16.5. The van der Waals surface area contributed by atoms with E-state index in [0.29, 0.717) is 41.9 Å². The Bertz CT molecular complexity index is 2080. The van der Waals surface area contributed by atoms with Crippen molar-refractivity contribution < 1.29 is 19.4 Å². The molecule has 13 nitrogen and oxygen atoms in total. The molecule has 13 heteroatoms. The summed E-state index contributed by atoms with van der Waals surface area (Å²) in [6.07, 6.45) is 6.76. The van der Waals surface area contributed by atoms with Crippen molar-refractivity contribution in [3.8, 4) is 17.2 Å². The van der Waals surface area contributed by atoms with Crippen molar-refractivity contribution in [2.45, 2.75) is 90.0 Å². The van der Waals surface area contributed by atoms with Crippen LogP contribution >= 0.6 is 0 Å². The molecule has 2 aromatic carbocycles. The Kier molecular flexibility index (Phi) is 10.8. The van der Waals surface area contributed by atoms with Gasteiger partial charge in [-0.2, -0.15) is 5.10 Å². The molecule has 2 aliphatic rings. The lowest BCUT2D eigenvalue weighted by atomic mass is 9.85. The van der Waals surface area contributed by atoms with Crippen LogP contribution in [0.25, 0.3) is 11.3 Å². The quantitative estimate of drug-likeness (QED) is 0.134. The van der Waals surface area contributed by atoms with E-state index in [4.69, 9.17) is 14.6 Å². The van der Waals surface area contributed by atoms with Gasteiger partial charge in [-0.1, -0.05) is 51.1 Å². The summed E-state index contributed by atoms with van der Waals surface area (Å²) in [7, 11) is 3.97. The van der Waals surface area contributed by atoms with Crippen molar-refractivity contribution in [1.29, 1.82) is 0 Å². The van der Waals surface area contributed by atoms with Crippen molar-refractivity contribution in [2.24, 2.45) is 0 Å². The van der Waals surface area contributed by atoms with Gasteiger partial charge in [0.2, 0.25) is 5.95 Å². The van der Waals surface area contributed by atoms with Gasteiger partial charge in [-0.25, -0.2) is 9.48 Å². The van der Waals surface area contributed by atoms with Gasteiger partial charge < -0.3 is 29.7 Å². The first-order valence-corrected chi connectivity index (χ1v) is 19.0. The maximum atomic E-state index is 13.8. The van der Waals surface area contributed by atoms with Crippen LogP contribution in [0.2, 0.25) is 0 Å². The van der Waals surface area contributed by atoms with Crippen LogP contribution in [0.5, 0.6) is 11.5 Å². The number of fused-ring (bicyclic) bond motifs is 2. The second kappa shape index (κ2) is 15.7. The van der Waals surface area contributed by atoms with Gasteiger partial charge in [0.15, 0.2) is 5.65 Å². The number of amides is 2. The summed E-state index contributed by atoms with van der Waals surface area (Å²) in [5, 5.41) is 30.2. The third kappa shape index (κ3) is 8.02. The molecule has 2 amide bonds. The largest absolute Gasteiger partial charge is 0.492 e. The van der Waals surface area contributed by atoms with Crippen LogP contribution in [0.15, 0.2) is 66.9 Å². The Hall–Kier alpha value is -5.14. The molecule has 5 aromatic rings. The predicted molar refractivity (Wildman–Crippen MR) is 210 cm³/mol. The number of pyridine rings is 1. The monoisotopic (exact) mass is 735 g/mol. The maximum Gasteiger partial charge on any atom is 0.320 e. The molecule has 3 aromatic heterocycles. The van der Waals surface area contributed by atoms with Gasteiger partial charge in [-0.3, -0.25) is 9.72 Å². The maximum absolute atomic E-state index is 13.8. The van der Waals surface area contributed by atoms with Crippen LogP contribution in [-0.4, -0.2) is 80.2 Å². The highest BCUT2D eigenvalue weighted by molar-refractivity contribution is 5.89. The summed E-state index contributed by atoms with van der Waals surface area (Å²) in [6.45, 7) is 10.5. The number of carbonyl (C=O) groups is 1. The molecule has 1 aliphatic heterocycles. The summed E-state index contributed by atoms with van der Waals surface area (Å²) in [5.41, 5.74) is 4.82. The number of aromatic nitrogens is 5. The summed E-state index contributed by atoms with van der Waals surface area (Å²) in [6, 6.07) is 19.4. The third-order valence-electron chi connectivity index (χ3n) is 10.4. The van der Waals surface area contributed by atoms with Crippen LogP contribution < -0.4 is 25.0 Å². The van der Waals surface area contributed by atoms with E-state index in [1.165, 1.54) is 6.42 Å². The fraction of sp³-hybridized carbons (Fsp3) is 0.463. The van der Waals surface area contributed by atoms with Gasteiger partial charge in [-0.05, 0) is 82.4 Å². The minimum Gasteiger partial charge on any atom is -0.492 e. The van der Waals surface area contributed by atoms with Gasteiger partial charge in [0.1, 0.15) is 30.0 Å². The fourth-order valence-electron chi connectivity index (χ4n) is 7.33. The first-order valence-electron chi connectivity index (χ1n) is 19.0. The number of ether oxygens (including phenoxy) is 2. The van der Waals surface area contributed by atoms with Crippen molar-refractivity contribution in [3.63, 3.8) is 0 Å². The number of carbonyl (C=O) groups excluding carboxylic acids is 1. The zero-order valence-electron chi connectivity index (χ0n) is 32.2. The van der Waals surface area contributed by atoms with Crippen LogP contribution in [0.4, 0.5) is 16.6 Å². The molecule has 0 bridgehead atoms. The SMILES string of the molecule is CC1CCCCN1c1nnc2ccc(O[C@@H]3CC[C@H](NC(=O)Nc4cc(C(C)(C)C)nn4-c4ccc(CO)c(OCCN(C)C)c4)c4ccccc43)cn12. The first kappa shape index (κ1) is 37.2. The van der Waals surface area contributed by atoms with E-state index < -0.39 is 0 Å². The number of benzene rings is 2. The van der Waals surface area contributed by atoms with E-state index in [9.17, 15) is 9.90 Å². The Morgan fingerprint density at radius 2 is 1.81 bits per heavy atom. The van der Waals surface area contributed by atoms with Crippen molar-refractivity contribution >= 4 is 23.4 Å². The minimum atomic E-state index is -0.331. The van der Waals surface area contributed by atoms with Crippen molar-refractivity contribution in [3.05, 3.63) is 89.2 Å². The molecule has 0 saturated carbocycles. The van der Waals surface area contributed by atoms with Gasteiger partial charge in [0.05, 0.1) is 30.2 Å². The molecule has 7 rings (SSSR count). The zero-order valence-corrected chi connectivity index (χ0v) is 32.2. The molecule has 54 heavy (non-hydrogen) atoms. The average Bonchev–Trinajstić information content (AvgIpc) is 3.77. The van der Waals surface area contributed by atoms with Gasteiger partial charge >= 0.3 is 6.03 Å². The molecule has 0 spiro atoms. The normalized spacial score (nSPS) is 18.8. The van der Waals surface area contributed by atoms with E-state index in [-0.39, 0.29) is 30.2 Å². The van der Waals surface area contributed by atoms with E-state index in [2.05, 4.69) is 65.6 Å². The van der Waals surface area contributed by atoms with E-state index in [1.54, 1.807) is 4.68 Å². The number of urea groups is 1. The van der Waals surface area contributed by atoms with Crippen molar-refractivity contribution in [1.82, 2.24) is 34.6 Å².